The summed E-state index contributed by atoms with van der Waals surface area (Å²) in [4.78, 5) is 15.7. The first-order valence-corrected chi connectivity index (χ1v) is 6.27. The van der Waals surface area contributed by atoms with Crippen molar-refractivity contribution in [1.29, 1.82) is 0 Å². The summed E-state index contributed by atoms with van der Waals surface area (Å²) >= 11 is 0. The van der Waals surface area contributed by atoms with Crippen LogP contribution in [0.3, 0.4) is 0 Å². The van der Waals surface area contributed by atoms with Crippen LogP contribution in [-0.4, -0.2) is 61.0 Å². The zero-order valence-electron chi connectivity index (χ0n) is 10.6. The largest absolute Gasteiger partial charge is 0.348 e. The van der Waals surface area contributed by atoms with E-state index in [0.29, 0.717) is 18.6 Å². The monoisotopic (exact) mass is 225 g/mol. The van der Waals surface area contributed by atoms with E-state index in [0.717, 1.165) is 12.6 Å². The third-order valence-corrected chi connectivity index (χ3v) is 3.68. The Hall–Kier alpha value is -0.610. The van der Waals surface area contributed by atoms with E-state index in [4.69, 9.17) is 0 Å². The van der Waals surface area contributed by atoms with Crippen molar-refractivity contribution in [3.63, 3.8) is 0 Å². The summed E-state index contributed by atoms with van der Waals surface area (Å²) in [5.74, 6) is 0.164. The molecule has 2 fully saturated rings. The van der Waals surface area contributed by atoms with Crippen LogP contribution in [-0.2, 0) is 4.79 Å². The molecule has 1 aliphatic carbocycles. The van der Waals surface area contributed by atoms with E-state index in [2.05, 4.69) is 17.1 Å². The molecule has 2 rings (SSSR count). The van der Waals surface area contributed by atoms with Crippen LogP contribution in [0.2, 0.25) is 0 Å². The lowest BCUT2D eigenvalue weighted by Gasteiger charge is -2.20. The van der Waals surface area contributed by atoms with Crippen molar-refractivity contribution >= 4 is 5.91 Å². The number of nitrogens with one attached hydrogen (secondary N) is 1. The van der Waals surface area contributed by atoms with Gasteiger partial charge in [0.2, 0.25) is 5.91 Å². The van der Waals surface area contributed by atoms with Crippen LogP contribution in [0, 0.1) is 0 Å². The molecule has 1 saturated carbocycles. The normalized spacial score (nSPS) is 30.7. The summed E-state index contributed by atoms with van der Waals surface area (Å²) in [7, 11) is 3.61. The summed E-state index contributed by atoms with van der Waals surface area (Å²) in [5, 5.41) is 3.37. The number of likely N-dealkylation sites (tertiary alicyclic amines) is 1. The molecule has 92 valence electrons. The second-order valence-corrected chi connectivity index (χ2v) is 5.38. The van der Waals surface area contributed by atoms with Gasteiger partial charge in [-0.05, 0) is 26.2 Å². The highest BCUT2D eigenvalue weighted by atomic mass is 16.2. The Balaban J connectivity index is 1.73. The smallest absolute Gasteiger partial charge is 0.236 e. The first-order chi connectivity index (χ1) is 7.58. The van der Waals surface area contributed by atoms with Gasteiger partial charge in [0.15, 0.2) is 0 Å². The maximum Gasteiger partial charge on any atom is 0.236 e. The van der Waals surface area contributed by atoms with E-state index < -0.39 is 0 Å². The van der Waals surface area contributed by atoms with Crippen molar-refractivity contribution in [3.05, 3.63) is 0 Å². The van der Waals surface area contributed by atoms with Gasteiger partial charge in [-0.3, -0.25) is 9.69 Å². The van der Waals surface area contributed by atoms with Crippen molar-refractivity contribution < 1.29 is 4.79 Å². The van der Waals surface area contributed by atoms with E-state index in [-0.39, 0.29) is 5.91 Å². The second-order valence-electron chi connectivity index (χ2n) is 5.38. The zero-order chi connectivity index (χ0) is 11.7. The van der Waals surface area contributed by atoms with Crippen LogP contribution in [0.1, 0.15) is 26.2 Å². The molecule has 0 aromatic heterocycles. The average Bonchev–Trinajstić information content (AvgIpc) is 3.00. The summed E-state index contributed by atoms with van der Waals surface area (Å²) in [6.07, 6.45) is 3.92. The molecule has 2 unspecified atom stereocenters. The van der Waals surface area contributed by atoms with E-state index in [1.165, 1.54) is 19.3 Å². The lowest BCUT2D eigenvalue weighted by molar-refractivity contribution is -0.127. The van der Waals surface area contributed by atoms with Crippen molar-refractivity contribution in [2.75, 3.05) is 27.2 Å². The topological polar surface area (TPSA) is 35.6 Å². The van der Waals surface area contributed by atoms with Gasteiger partial charge in [0.1, 0.15) is 0 Å². The van der Waals surface area contributed by atoms with Crippen LogP contribution >= 0.6 is 0 Å². The van der Waals surface area contributed by atoms with E-state index in [1.807, 2.05) is 0 Å². The third-order valence-electron chi connectivity index (χ3n) is 3.68. The number of hydrogen-bond donors (Lipinski definition) is 1. The molecule has 0 radical (unpaired) electrons. The second kappa shape index (κ2) is 4.72. The molecular weight excluding hydrogens is 202 g/mol. The van der Waals surface area contributed by atoms with Crippen LogP contribution < -0.4 is 5.32 Å². The maximum absolute atomic E-state index is 11.5. The SMILES string of the molecule is CC1CC(NCC(=O)N(C)C)CN1C1CC1. The summed E-state index contributed by atoms with van der Waals surface area (Å²) in [6.45, 7) is 3.89. The standard InChI is InChI=1S/C12H23N3O/c1-9-6-10(8-15(9)11-4-5-11)13-7-12(16)14(2)3/h9-11,13H,4-8H2,1-3H3. The molecule has 0 aromatic carbocycles. The Bertz CT molecular complexity index is 263. The van der Waals surface area contributed by atoms with Gasteiger partial charge in [-0.15, -0.1) is 0 Å². The van der Waals surface area contributed by atoms with Gasteiger partial charge in [0.05, 0.1) is 6.54 Å². The van der Waals surface area contributed by atoms with Crippen molar-refractivity contribution in [1.82, 2.24) is 15.1 Å². The van der Waals surface area contributed by atoms with Crippen molar-refractivity contribution in [2.45, 2.75) is 44.3 Å². The van der Waals surface area contributed by atoms with E-state index >= 15 is 0 Å². The molecule has 4 heteroatoms. The van der Waals surface area contributed by atoms with Crippen LogP contribution in [0.25, 0.3) is 0 Å². The molecule has 0 bridgehead atoms. The third kappa shape index (κ3) is 2.74. The molecule has 1 heterocycles. The Morgan fingerprint density at radius 2 is 2.12 bits per heavy atom. The number of likely N-dealkylation sites (N-methyl/N-ethyl adjacent to an activating group) is 1. The molecule has 2 atom stereocenters. The molecular formula is C12H23N3O. The fourth-order valence-electron chi connectivity index (χ4n) is 2.51. The molecule has 4 nitrogen and oxygen atoms in total. The quantitative estimate of drug-likeness (QED) is 0.747. The van der Waals surface area contributed by atoms with Gasteiger partial charge in [-0.1, -0.05) is 0 Å². The first kappa shape index (κ1) is 11.9. The molecule has 1 N–H and O–H groups in total. The summed E-state index contributed by atoms with van der Waals surface area (Å²) in [6, 6.07) is 2.02. The lowest BCUT2D eigenvalue weighted by Crippen LogP contribution is -2.40. The minimum absolute atomic E-state index is 0.164. The molecule has 1 aliphatic heterocycles. The molecule has 1 saturated heterocycles. The fourth-order valence-corrected chi connectivity index (χ4v) is 2.51. The first-order valence-electron chi connectivity index (χ1n) is 6.27. The predicted molar refractivity (Wildman–Crippen MR) is 64.3 cm³/mol. The highest BCUT2D eigenvalue weighted by Crippen LogP contribution is 2.33. The van der Waals surface area contributed by atoms with Gasteiger partial charge in [0, 0.05) is 38.8 Å². The van der Waals surface area contributed by atoms with E-state index in [1.54, 1.807) is 19.0 Å². The number of nitrogens with zero attached hydrogens (tertiary/aromatic N) is 2. The van der Waals surface area contributed by atoms with Gasteiger partial charge >= 0.3 is 0 Å². The fraction of sp³-hybridized carbons (Fsp3) is 0.917. The van der Waals surface area contributed by atoms with Gasteiger partial charge in [-0.25, -0.2) is 0 Å². The molecule has 16 heavy (non-hydrogen) atoms. The maximum atomic E-state index is 11.5. The van der Waals surface area contributed by atoms with Crippen molar-refractivity contribution in [2.24, 2.45) is 0 Å². The Kier molecular flexibility index (Phi) is 3.50. The molecule has 0 aromatic rings. The minimum atomic E-state index is 0.164. The number of carbonyl (C=O) groups is 1. The number of hydrogen-bond acceptors (Lipinski definition) is 3. The summed E-state index contributed by atoms with van der Waals surface area (Å²) < 4.78 is 0. The van der Waals surface area contributed by atoms with Gasteiger partial charge < -0.3 is 10.2 Å². The van der Waals surface area contributed by atoms with Crippen LogP contribution in [0.4, 0.5) is 0 Å². The zero-order valence-corrected chi connectivity index (χ0v) is 10.6. The highest BCUT2D eigenvalue weighted by molar-refractivity contribution is 5.77. The molecule has 0 spiro atoms. The Morgan fingerprint density at radius 1 is 1.44 bits per heavy atom. The number of rotatable bonds is 4. The predicted octanol–water partition coefficient (Wildman–Crippen LogP) is 0.289. The van der Waals surface area contributed by atoms with Crippen LogP contribution in [0.15, 0.2) is 0 Å². The minimum Gasteiger partial charge on any atom is -0.348 e. The molecule has 1 amide bonds. The number of amides is 1. The van der Waals surface area contributed by atoms with Crippen molar-refractivity contribution in [3.8, 4) is 0 Å². The van der Waals surface area contributed by atoms with Crippen LogP contribution in [0.5, 0.6) is 0 Å². The Morgan fingerprint density at radius 3 is 2.69 bits per heavy atom. The number of carbonyl (C=O) groups excluding carboxylic acids is 1. The van der Waals surface area contributed by atoms with Gasteiger partial charge in [-0.2, -0.15) is 0 Å². The lowest BCUT2D eigenvalue weighted by atomic mass is 10.2. The summed E-state index contributed by atoms with van der Waals surface area (Å²) in [5.41, 5.74) is 0. The van der Waals surface area contributed by atoms with E-state index in [9.17, 15) is 4.79 Å². The Labute approximate surface area is 98.0 Å². The molecule has 2 aliphatic rings. The average molecular weight is 225 g/mol. The highest BCUT2D eigenvalue weighted by Gasteiger charge is 2.38. The van der Waals surface area contributed by atoms with Gasteiger partial charge in [0.25, 0.3) is 0 Å².